The molecule has 1 saturated heterocycles. The van der Waals surface area contributed by atoms with Crippen molar-refractivity contribution in [3.63, 3.8) is 0 Å². The van der Waals surface area contributed by atoms with Gasteiger partial charge in [-0.15, -0.1) is 0 Å². The molecule has 18 heavy (non-hydrogen) atoms. The van der Waals surface area contributed by atoms with Gasteiger partial charge in [0, 0.05) is 19.1 Å². The van der Waals surface area contributed by atoms with Crippen molar-refractivity contribution in [3.05, 3.63) is 0 Å². The van der Waals surface area contributed by atoms with Crippen molar-refractivity contribution in [1.29, 1.82) is 0 Å². The predicted octanol–water partition coefficient (Wildman–Crippen LogP) is -0.619. The number of hydrogen-bond donors (Lipinski definition) is 3. The van der Waals surface area contributed by atoms with Gasteiger partial charge in [0.05, 0.1) is 6.42 Å². The highest BCUT2D eigenvalue weighted by molar-refractivity contribution is 5.85. The second kappa shape index (κ2) is 5.24. The summed E-state index contributed by atoms with van der Waals surface area (Å²) < 4.78 is 0. The maximum absolute atomic E-state index is 11.9. The fraction of sp³-hybridized carbons (Fsp3) is 0.727. The highest BCUT2D eigenvalue weighted by atomic mass is 16.4. The van der Waals surface area contributed by atoms with Crippen LogP contribution in [0.1, 0.15) is 19.3 Å². The summed E-state index contributed by atoms with van der Waals surface area (Å²) in [6.07, 6.45) is 1.86. The summed E-state index contributed by atoms with van der Waals surface area (Å²) in [4.78, 5) is 35.2. The number of nitrogens with zero attached hydrogens (tertiary/aromatic N) is 1. The van der Waals surface area contributed by atoms with Gasteiger partial charge in [0.1, 0.15) is 6.54 Å². The lowest BCUT2D eigenvalue weighted by molar-refractivity contribution is -0.137. The molecule has 7 nitrogen and oxygen atoms in total. The van der Waals surface area contributed by atoms with Crippen LogP contribution in [0.2, 0.25) is 0 Å². The van der Waals surface area contributed by atoms with Gasteiger partial charge in [-0.2, -0.15) is 0 Å². The zero-order chi connectivity index (χ0) is 13.1. The van der Waals surface area contributed by atoms with E-state index in [0.717, 1.165) is 12.8 Å². The minimum Gasteiger partial charge on any atom is -0.481 e. The summed E-state index contributed by atoms with van der Waals surface area (Å²) >= 11 is 0. The Labute approximate surface area is 105 Å². The molecule has 0 bridgehead atoms. The first-order valence-electron chi connectivity index (χ1n) is 6.10. The lowest BCUT2D eigenvalue weighted by atomic mass is 10.1. The molecule has 3 N–H and O–H groups in total. The number of urea groups is 1. The van der Waals surface area contributed by atoms with E-state index >= 15 is 0 Å². The summed E-state index contributed by atoms with van der Waals surface area (Å²) in [7, 11) is 0. The zero-order valence-electron chi connectivity index (χ0n) is 10.0. The van der Waals surface area contributed by atoms with Gasteiger partial charge < -0.3 is 20.6 Å². The Balaban J connectivity index is 1.87. The van der Waals surface area contributed by atoms with Crippen molar-refractivity contribution in [2.75, 3.05) is 19.6 Å². The molecule has 3 amide bonds. The maximum atomic E-state index is 11.9. The summed E-state index contributed by atoms with van der Waals surface area (Å²) in [5.74, 6) is -0.829. The van der Waals surface area contributed by atoms with E-state index in [1.165, 1.54) is 4.90 Å². The van der Waals surface area contributed by atoms with Crippen LogP contribution in [0.4, 0.5) is 4.79 Å². The third-order valence-electron chi connectivity index (χ3n) is 3.22. The maximum Gasteiger partial charge on any atom is 0.318 e. The largest absolute Gasteiger partial charge is 0.481 e. The van der Waals surface area contributed by atoms with E-state index < -0.39 is 5.97 Å². The van der Waals surface area contributed by atoms with Gasteiger partial charge in [-0.3, -0.25) is 9.59 Å². The van der Waals surface area contributed by atoms with Crippen molar-refractivity contribution in [1.82, 2.24) is 15.5 Å². The van der Waals surface area contributed by atoms with Crippen LogP contribution in [0.15, 0.2) is 0 Å². The number of carboxylic acid groups (broad SMARTS) is 1. The molecule has 100 valence electrons. The molecule has 0 spiro atoms. The summed E-state index contributed by atoms with van der Waals surface area (Å²) in [6.45, 7) is 0.942. The molecule has 0 radical (unpaired) electrons. The molecule has 1 heterocycles. The average molecular weight is 255 g/mol. The monoisotopic (exact) mass is 255 g/mol. The van der Waals surface area contributed by atoms with Crippen LogP contribution >= 0.6 is 0 Å². The molecule has 1 unspecified atom stereocenters. The number of aliphatic carboxylic acids is 1. The first kappa shape index (κ1) is 12.7. The fourth-order valence-electron chi connectivity index (χ4n) is 2.08. The van der Waals surface area contributed by atoms with Gasteiger partial charge in [0.2, 0.25) is 5.91 Å². The Morgan fingerprint density at radius 3 is 2.78 bits per heavy atom. The summed E-state index contributed by atoms with van der Waals surface area (Å²) in [6, 6.07) is -0.664. The number of carboxylic acids is 1. The lowest BCUT2D eigenvalue weighted by Crippen LogP contribution is -2.55. The Morgan fingerprint density at radius 1 is 1.50 bits per heavy atom. The molecule has 1 aliphatic heterocycles. The number of carbonyl (C=O) groups excluding carboxylic acids is 2. The number of amides is 3. The molecule has 0 aromatic heterocycles. The van der Waals surface area contributed by atoms with Crippen LogP contribution in [0, 0.1) is 5.92 Å². The number of rotatable bonds is 4. The van der Waals surface area contributed by atoms with Crippen LogP contribution in [0.5, 0.6) is 0 Å². The van der Waals surface area contributed by atoms with Gasteiger partial charge >= 0.3 is 12.0 Å². The fourth-order valence-corrected chi connectivity index (χ4v) is 2.08. The first-order chi connectivity index (χ1) is 8.56. The highest BCUT2D eigenvalue weighted by Crippen LogP contribution is 2.34. The van der Waals surface area contributed by atoms with E-state index in [-0.39, 0.29) is 36.9 Å². The molecule has 2 rings (SSSR count). The van der Waals surface area contributed by atoms with Crippen molar-refractivity contribution >= 4 is 17.9 Å². The van der Waals surface area contributed by atoms with E-state index in [1.807, 2.05) is 0 Å². The van der Waals surface area contributed by atoms with Crippen molar-refractivity contribution in [3.8, 4) is 0 Å². The molecule has 2 aliphatic rings. The predicted molar refractivity (Wildman–Crippen MR) is 61.9 cm³/mol. The third kappa shape index (κ3) is 3.35. The standard InChI is InChI=1S/C11H17N3O4/c15-9-6-14(4-3-12-9)11(18)13-8(5-10(16)17)7-1-2-7/h7-8H,1-6H2,(H,12,15)(H,13,18)(H,16,17). The van der Waals surface area contributed by atoms with Crippen molar-refractivity contribution in [2.45, 2.75) is 25.3 Å². The van der Waals surface area contributed by atoms with Gasteiger partial charge in [0.15, 0.2) is 0 Å². The molecular weight excluding hydrogens is 238 g/mol. The molecular formula is C11H17N3O4. The van der Waals surface area contributed by atoms with Crippen molar-refractivity contribution < 1.29 is 19.5 Å². The van der Waals surface area contributed by atoms with E-state index in [2.05, 4.69) is 10.6 Å². The Hall–Kier alpha value is -1.79. The average Bonchev–Trinajstić information content (AvgIpc) is 3.11. The number of carbonyl (C=O) groups is 3. The van der Waals surface area contributed by atoms with Gasteiger partial charge in [-0.25, -0.2) is 4.79 Å². The number of piperazine rings is 1. The first-order valence-corrected chi connectivity index (χ1v) is 6.10. The second-order valence-electron chi connectivity index (χ2n) is 4.76. The van der Waals surface area contributed by atoms with Gasteiger partial charge in [-0.1, -0.05) is 0 Å². The summed E-state index contributed by atoms with van der Waals surface area (Å²) in [5, 5.41) is 14.2. The smallest absolute Gasteiger partial charge is 0.318 e. The SMILES string of the molecule is O=C(O)CC(NC(=O)N1CCNC(=O)C1)C1CC1. The molecule has 1 atom stereocenters. The molecule has 2 fully saturated rings. The second-order valence-corrected chi connectivity index (χ2v) is 4.76. The van der Waals surface area contributed by atoms with Gasteiger partial charge in [-0.05, 0) is 18.8 Å². The summed E-state index contributed by atoms with van der Waals surface area (Å²) in [5.41, 5.74) is 0. The van der Waals surface area contributed by atoms with E-state index in [9.17, 15) is 14.4 Å². The third-order valence-corrected chi connectivity index (χ3v) is 3.22. The minimum absolute atomic E-state index is 0.0380. The molecule has 1 aliphatic carbocycles. The Morgan fingerprint density at radius 2 is 2.22 bits per heavy atom. The molecule has 1 saturated carbocycles. The van der Waals surface area contributed by atoms with E-state index in [1.54, 1.807) is 0 Å². The normalized spacial score (nSPS) is 21.1. The van der Waals surface area contributed by atoms with Crippen LogP contribution in [-0.2, 0) is 9.59 Å². The van der Waals surface area contributed by atoms with Crippen LogP contribution in [0.25, 0.3) is 0 Å². The van der Waals surface area contributed by atoms with E-state index in [0.29, 0.717) is 13.1 Å². The molecule has 0 aromatic carbocycles. The molecule has 0 aromatic rings. The van der Waals surface area contributed by atoms with Crippen LogP contribution in [0.3, 0.4) is 0 Å². The van der Waals surface area contributed by atoms with Crippen molar-refractivity contribution in [2.24, 2.45) is 5.92 Å². The van der Waals surface area contributed by atoms with Crippen LogP contribution in [-0.4, -0.2) is 53.6 Å². The number of nitrogens with one attached hydrogen (secondary N) is 2. The Kier molecular flexibility index (Phi) is 3.69. The van der Waals surface area contributed by atoms with E-state index in [4.69, 9.17) is 5.11 Å². The highest BCUT2D eigenvalue weighted by Gasteiger charge is 2.35. The topological polar surface area (TPSA) is 98.7 Å². The quantitative estimate of drug-likeness (QED) is 0.623. The lowest BCUT2D eigenvalue weighted by Gasteiger charge is -2.28. The molecule has 7 heteroatoms. The number of hydrogen-bond acceptors (Lipinski definition) is 3. The Bertz CT molecular complexity index is 367. The van der Waals surface area contributed by atoms with Gasteiger partial charge in [0.25, 0.3) is 0 Å². The zero-order valence-corrected chi connectivity index (χ0v) is 10.0. The van der Waals surface area contributed by atoms with Crippen LogP contribution < -0.4 is 10.6 Å². The minimum atomic E-state index is -0.913.